The Morgan fingerprint density at radius 1 is 1.00 bits per heavy atom. The van der Waals surface area contributed by atoms with Crippen LogP contribution < -0.4 is 5.32 Å². The first-order valence-electron chi connectivity index (χ1n) is 7.72. The molecule has 0 heterocycles. The topological polar surface area (TPSA) is 12.0 Å². The van der Waals surface area contributed by atoms with Gasteiger partial charge in [-0.25, -0.2) is 0 Å². The first kappa shape index (κ1) is 14.6. The fraction of sp³-hybridized carbons (Fsp3) is 0.368. The quantitative estimate of drug-likeness (QED) is 0.855. The molecule has 21 heavy (non-hydrogen) atoms. The van der Waals surface area contributed by atoms with Crippen molar-refractivity contribution in [2.24, 2.45) is 5.92 Å². The van der Waals surface area contributed by atoms with E-state index in [0.29, 0.717) is 18.0 Å². The fourth-order valence-electron chi connectivity index (χ4n) is 3.29. The third kappa shape index (κ3) is 3.30. The molecule has 0 bridgehead atoms. The molecule has 3 rings (SSSR count). The van der Waals surface area contributed by atoms with Crippen molar-refractivity contribution in [2.75, 3.05) is 0 Å². The third-order valence-electron chi connectivity index (χ3n) is 4.34. The van der Waals surface area contributed by atoms with Crippen molar-refractivity contribution < 1.29 is 0 Å². The Balaban J connectivity index is 1.74. The molecule has 0 saturated carbocycles. The Hall–Kier alpha value is -1.31. The molecule has 1 N–H and O–H groups in total. The van der Waals surface area contributed by atoms with Crippen LogP contribution in [0.15, 0.2) is 48.5 Å². The van der Waals surface area contributed by atoms with Gasteiger partial charge in [0.15, 0.2) is 0 Å². The molecular formula is C19H22ClN. The van der Waals surface area contributed by atoms with Crippen LogP contribution >= 0.6 is 11.6 Å². The van der Waals surface area contributed by atoms with Crippen LogP contribution in [0.25, 0.3) is 0 Å². The molecular weight excluding hydrogens is 278 g/mol. The first-order chi connectivity index (χ1) is 10.1. The van der Waals surface area contributed by atoms with Crippen LogP contribution in [-0.2, 0) is 12.8 Å². The fourth-order valence-corrected chi connectivity index (χ4v) is 3.49. The normalized spacial score (nSPS) is 18.8. The van der Waals surface area contributed by atoms with Crippen molar-refractivity contribution in [2.45, 2.75) is 38.8 Å². The number of hydrogen-bond acceptors (Lipinski definition) is 1. The largest absolute Gasteiger partial charge is 0.306 e. The van der Waals surface area contributed by atoms with Crippen molar-refractivity contribution in [1.29, 1.82) is 0 Å². The summed E-state index contributed by atoms with van der Waals surface area (Å²) in [7, 11) is 0. The van der Waals surface area contributed by atoms with Crippen LogP contribution in [0.5, 0.6) is 0 Å². The summed E-state index contributed by atoms with van der Waals surface area (Å²) in [6.07, 6.45) is 2.18. The monoisotopic (exact) mass is 299 g/mol. The average Bonchev–Trinajstić information content (AvgIpc) is 2.87. The van der Waals surface area contributed by atoms with Gasteiger partial charge in [0.25, 0.3) is 0 Å². The van der Waals surface area contributed by atoms with E-state index >= 15 is 0 Å². The van der Waals surface area contributed by atoms with Crippen molar-refractivity contribution in [3.8, 4) is 0 Å². The van der Waals surface area contributed by atoms with Crippen LogP contribution in [0.2, 0.25) is 5.02 Å². The Bertz CT molecular complexity index is 606. The van der Waals surface area contributed by atoms with Crippen LogP contribution in [0.1, 0.15) is 36.6 Å². The molecule has 0 spiro atoms. The van der Waals surface area contributed by atoms with Gasteiger partial charge in [-0.3, -0.25) is 0 Å². The van der Waals surface area contributed by atoms with Gasteiger partial charge in [0.2, 0.25) is 0 Å². The van der Waals surface area contributed by atoms with Crippen LogP contribution in [0.3, 0.4) is 0 Å². The zero-order valence-electron chi connectivity index (χ0n) is 12.6. The summed E-state index contributed by atoms with van der Waals surface area (Å²) in [6.45, 7) is 4.56. The number of fused-ring (bicyclic) bond motifs is 1. The van der Waals surface area contributed by atoms with E-state index in [0.717, 1.165) is 17.9 Å². The lowest BCUT2D eigenvalue weighted by molar-refractivity contribution is 0.363. The van der Waals surface area contributed by atoms with Gasteiger partial charge in [-0.05, 0) is 47.6 Å². The Morgan fingerprint density at radius 3 is 2.43 bits per heavy atom. The van der Waals surface area contributed by atoms with Gasteiger partial charge >= 0.3 is 0 Å². The maximum Gasteiger partial charge on any atom is 0.0408 e. The molecule has 110 valence electrons. The van der Waals surface area contributed by atoms with Crippen molar-refractivity contribution in [3.63, 3.8) is 0 Å². The van der Waals surface area contributed by atoms with Gasteiger partial charge in [0.05, 0.1) is 0 Å². The summed E-state index contributed by atoms with van der Waals surface area (Å²) in [5, 5.41) is 4.70. The molecule has 0 amide bonds. The maximum atomic E-state index is 6.10. The first-order valence-corrected chi connectivity index (χ1v) is 8.09. The standard InChI is InChI=1S/C19H22ClN/c1-13(2)19(14-6-4-3-5-7-14)21-18-11-15-8-9-17(20)10-16(15)12-18/h3-10,13,18-19,21H,11-12H2,1-2H3. The molecule has 2 atom stereocenters. The molecule has 2 aromatic carbocycles. The van der Waals surface area contributed by atoms with E-state index in [2.05, 4.69) is 61.6 Å². The second-order valence-corrected chi connectivity index (χ2v) is 6.75. The SMILES string of the molecule is CC(C)C(NC1Cc2ccc(Cl)cc2C1)c1ccccc1. The van der Waals surface area contributed by atoms with E-state index < -0.39 is 0 Å². The maximum absolute atomic E-state index is 6.10. The predicted octanol–water partition coefficient (Wildman–Crippen LogP) is 4.79. The summed E-state index contributed by atoms with van der Waals surface area (Å²) in [5.41, 5.74) is 4.21. The highest BCUT2D eigenvalue weighted by atomic mass is 35.5. The lowest BCUT2D eigenvalue weighted by Gasteiger charge is -2.26. The van der Waals surface area contributed by atoms with Crippen LogP contribution in [-0.4, -0.2) is 6.04 Å². The molecule has 2 heteroatoms. The Kier molecular flexibility index (Phi) is 4.32. The zero-order chi connectivity index (χ0) is 14.8. The van der Waals surface area contributed by atoms with Gasteiger partial charge in [0, 0.05) is 17.1 Å². The van der Waals surface area contributed by atoms with Crippen molar-refractivity contribution >= 4 is 11.6 Å². The molecule has 0 aromatic heterocycles. The second-order valence-electron chi connectivity index (χ2n) is 6.32. The number of hydrogen-bond donors (Lipinski definition) is 1. The van der Waals surface area contributed by atoms with E-state index in [1.807, 2.05) is 6.07 Å². The van der Waals surface area contributed by atoms with Gasteiger partial charge in [-0.2, -0.15) is 0 Å². The molecule has 0 saturated heterocycles. The minimum absolute atomic E-state index is 0.404. The predicted molar refractivity (Wildman–Crippen MR) is 89.8 cm³/mol. The lowest BCUT2D eigenvalue weighted by atomic mass is 9.95. The summed E-state index contributed by atoms with van der Waals surface area (Å²) < 4.78 is 0. The second kappa shape index (κ2) is 6.21. The molecule has 1 nitrogen and oxygen atoms in total. The van der Waals surface area contributed by atoms with E-state index in [-0.39, 0.29) is 0 Å². The molecule has 2 unspecified atom stereocenters. The number of benzene rings is 2. The van der Waals surface area contributed by atoms with E-state index in [1.54, 1.807) is 0 Å². The average molecular weight is 300 g/mol. The minimum atomic E-state index is 0.404. The summed E-state index contributed by atoms with van der Waals surface area (Å²) in [5.74, 6) is 0.569. The molecule has 2 aromatic rings. The van der Waals surface area contributed by atoms with Gasteiger partial charge in [-0.15, -0.1) is 0 Å². The minimum Gasteiger partial charge on any atom is -0.306 e. The highest BCUT2D eigenvalue weighted by Crippen LogP contribution is 2.29. The number of halogens is 1. The molecule has 0 radical (unpaired) electrons. The summed E-state index contributed by atoms with van der Waals surface area (Å²) >= 11 is 6.10. The van der Waals surface area contributed by atoms with E-state index in [9.17, 15) is 0 Å². The smallest absolute Gasteiger partial charge is 0.0408 e. The Labute approximate surface area is 132 Å². The van der Waals surface area contributed by atoms with Crippen molar-refractivity contribution in [3.05, 3.63) is 70.2 Å². The van der Waals surface area contributed by atoms with E-state index in [4.69, 9.17) is 11.6 Å². The molecule has 1 aliphatic carbocycles. The highest BCUT2D eigenvalue weighted by molar-refractivity contribution is 6.30. The molecule has 0 fully saturated rings. The van der Waals surface area contributed by atoms with Crippen molar-refractivity contribution in [1.82, 2.24) is 5.32 Å². The number of nitrogens with one attached hydrogen (secondary N) is 1. The van der Waals surface area contributed by atoms with Gasteiger partial charge in [0.1, 0.15) is 0 Å². The van der Waals surface area contributed by atoms with E-state index in [1.165, 1.54) is 16.7 Å². The molecule has 1 aliphatic rings. The zero-order valence-corrected chi connectivity index (χ0v) is 13.4. The van der Waals surface area contributed by atoms with Gasteiger partial charge < -0.3 is 5.32 Å². The Morgan fingerprint density at radius 2 is 1.71 bits per heavy atom. The summed E-state index contributed by atoms with van der Waals surface area (Å²) in [4.78, 5) is 0. The van der Waals surface area contributed by atoms with Crippen LogP contribution in [0, 0.1) is 5.92 Å². The summed E-state index contributed by atoms with van der Waals surface area (Å²) in [6, 6.07) is 18.0. The van der Waals surface area contributed by atoms with Crippen LogP contribution in [0.4, 0.5) is 0 Å². The highest BCUT2D eigenvalue weighted by Gasteiger charge is 2.25. The third-order valence-corrected chi connectivity index (χ3v) is 4.58. The molecule has 0 aliphatic heterocycles. The van der Waals surface area contributed by atoms with Gasteiger partial charge in [-0.1, -0.05) is 61.8 Å². The number of rotatable bonds is 4. The lowest BCUT2D eigenvalue weighted by Crippen LogP contribution is -2.36.